The van der Waals surface area contributed by atoms with Gasteiger partial charge in [-0.25, -0.2) is 0 Å². The predicted octanol–water partition coefficient (Wildman–Crippen LogP) is 0.514. The van der Waals surface area contributed by atoms with Crippen molar-refractivity contribution in [1.82, 2.24) is 5.32 Å². The molecular weight excluding hydrogens is 166 g/mol. The molecule has 0 aromatic heterocycles. The van der Waals surface area contributed by atoms with Crippen molar-refractivity contribution in [2.75, 3.05) is 6.54 Å². The monoisotopic (exact) mass is 183 g/mol. The maximum absolute atomic E-state index is 8.35. The van der Waals surface area contributed by atoms with Gasteiger partial charge < -0.3 is 16.3 Å². The van der Waals surface area contributed by atoms with Crippen molar-refractivity contribution in [3.63, 3.8) is 0 Å². The highest BCUT2D eigenvalue weighted by Crippen LogP contribution is 1.97. The van der Waals surface area contributed by atoms with E-state index in [2.05, 4.69) is 16.4 Å². The molecule has 0 amide bonds. The Morgan fingerprint density at radius 1 is 1.77 bits per heavy atom. The summed E-state index contributed by atoms with van der Waals surface area (Å²) in [5.41, 5.74) is 5.37. The molecule has 0 saturated carbocycles. The van der Waals surface area contributed by atoms with E-state index in [4.69, 9.17) is 17.4 Å². The van der Waals surface area contributed by atoms with E-state index in [1.165, 1.54) is 0 Å². The van der Waals surface area contributed by atoms with Crippen LogP contribution in [0.1, 0.15) is 26.2 Å². The quantitative estimate of drug-likeness (QED) is 0.140. The third-order valence-corrected chi connectivity index (χ3v) is 1.78. The Bertz CT molecular complexity index is 196. The summed E-state index contributed by atoms with van der Waals surface area (Å²) in [5, 5.41) is 14.5. The third kappa shape index (κ3) is 6.00. The van der Waals surface area contributed by atoms with E-state index in [0.717, 1.165) is 13.0 Å². The van der Waals surface area contributed by atoms with Crippen molar-refractivity contribution >= 4 is 5.84 Å². The highest BCUT2D eigenvalue weighted by atomic mass is 16.4. The molecule has 0 bridgehead atoms. The second-order valence-corrected chi connectivity index (χ2v) is 2.81. The average Bonchev–Trinajstić information content (AvgIpc) is 2.16. The molecule has 0 radical (unpaired) electrons. The molecule has 74 valence electrons. The summed E-state index contributed by atoms with van der Waals surface area (Å²) in [6, 6.07) is 0.240. The fourth-order valence-corrected chi connectivity index (χ4v) is 1.00. The van der Waals surface area contributed by atoms with Gasteiger partial charge >= 0.3 is 0 Å². The van der Waals surface area contributed by atoms with Crippen LogP contribution in [0.2, 0.25) is 0 Å². The lowest BCUT2D eigenvalue weighted by molar-refractivity contribution is 0.315. The molecule has 0 heterocycles. The van der Waals surface area contributed by atoms with Crippen LogP contribution < -0.4 is 11.1 Å². The number of amidine groups is 1. The molecule has 4 N–H and O–H groups in total. The topological polar surface area (TPSA) is 70.6 Å². The fourth-order valence-electron chi connectivity index (χ4n) is 1.00. The highest BCUT2D eigenvalue weighted by molar-refractivity contribution is 5.80. The Hall–Kier alpha value is -1.21. The van der Waals surface area contributed by atoms with E-state index in [1.54, 1.807) is 0 Å². The van der Waals surface area contributed by atoms with E-state index in [9.17, 15) is 0 Å². The van der Waals surface area contributed by atoms with E-state index in [0.29, 0.717) is 12.8 Å². The molecule has 0 spiro atoms. The lowest BCUT2D eigenvalue weighted by Gasteiger charge is -2.14. The van der Waals surface area contributed by atoms with Gasteiger partial charge in [-0.2, -0.15) is 0 Å². The van der Waals surface area contributed by atoms with Gasteiger partial charge in [0, 0.05) is 25.4 Å². The second-order valence-electron chi connectivity index (χ2n) is 2.81. The highest BCUT2D eigenvalue weighted by Gasteiger charge is 2.06. The molecule has 0 saturated heterocycles. The average molecular weight is 183 g/mol. The molecule has 0 aliphatic rings. The van der Waals surface area contributed by atoms with Crippen LogP contribution in [0.4, 0.5) is 0 Å². The third-order valence-electron chi connectivity index (χ3n) is 1.78. The molecule has 0 aromatic rings. The normalized spacial score (nSPS) is 13.7. The first-order chi connectivity index (χ1) is 6.24. The summed E-state index contributed by atoms with van der Waals surface area (Å²) < 4.78 is 0. The number of hydrogen-bond acceptors (Lipinski definition) is 3. The SMILES string of the molecule is C#CCCNC(CC)CC(N)=NO. The molecule has 4 nitrogen and oxygen atoms in total. The van der Waals surface area contributed by atoms with Gasteiger partial charge in [0.05, 0.1) is 0 Å². The van der Waals surface area contributed by atoms with Gasteiger partial charge in [0.15, 0.2) is 0 Å². The number of hydrogen-bond donors (Lipinski definition) is 3. The Morgan fingerprint density at radius 2 is 2.46 bits per heavy atom. The molecule has 0 aromatic carbocycles. The number of oxime groups is 1. The van der Waals surface area contributed by atoms with E-state index < -0.39 is 0 Å². The van der Waals surface area contributed by atoms with Crippen LogP contribution in [0.25, 0.3) is 0 Å². The van der Waals surface area contributed by atoms with Gasteiger partial charge in [0.2, 0.25) is 0 Å². The number of nitrogens with two attached hydrogens (primary N) is 1. The van der Waals surface area contributed by atoms with Crippen molar-refractivity contribution in [1.29, 1.82) is 0 Å². The Balaban J connectivity index is 3.70. The number of nitrogens with zero attached hydrogens (tertiary/aromatic N) is 1. The summed E-state index contributed by atoms with van der Waals surface area (Å²) >= 11 is 0. The van der Waals surface area contributed by atoms with Gasteiger partial charge in [-0.05, 0) is 6.42 Å². The molecule has 1 unspecified atom stereocenters. The maximum Gasteiger partial charge on any atom is 0.140 e. The van der Waals surface area contributed by atoms with Gasteiger partial charge in [0.25, 0.3) is 0 Å². The zero-order valence-electron chi connectivity index (χ0n) is 7.95. The minimum Gasteiger partial charge on any atom is -0.409 e. The zero-order chi connectivity index (χ0) is 10.1. The van der Waals surface area contributed by atoms with Gasteiger partial charge in [0.1, 0.15) is 5.84 Å². The summed E-state index contributed by atoms with van der Waals surface area (Å²) in [6.07, 6.45) is 7.29. The summed E-state index contributed by atoms with van der Waals surface area (Å²) in [7, 11) is 0. The first kappa shape index (κ1) is 11.8. The largest absolute Gasteiger partial charge is 0.409 e. The van der Waals surface area contributed by atoms with Crippen molar-refractivity contribution in [2.45, 2.75) is 32.2 Å². The van der Waals surface area contributed by atoms with Crippen LogP contribution in [0, 0.1) is 12.3 Å². The molecule has 0 aliphatic carbocycles. The van der Waals surface area contributed by atoms with Crippen molar-refractivity contribution in [2.24, 2.45) is 10.9 Å². The number of terminal acetylenes is 1. The lowest BCUT2D eigenvalue weighted by Crippen LogP contribution is -2.33. The lowest BCUT2D eigenvalue weighted by atomic mass is 10.1. The maximum atomic E-state index is 8.35. The first-order valence-electron chi connectivity index (χ1n) is 4.37. The van der Waals surface area contributed by atoms with E-state index >= 15 is 0 Å². The molecule has 0 fully saturated rings. The first-order valence-corrected chi connectivity index (χ1v) is 4.37. The van der Waals surface area contributed by atoms with Crippen LogP contribution >= 0.6 is 0 Å². The van der Waals surface area contributed by atoms with E-state index in [1.807, 2.05) is 6.92 Å². The molecular formula is C9H17N3O. The second kappa shape index (κ2) is 7.44. The predicted molar refractivity (Wildman–Crippen MR) is 53.6 cm³/mol. The van der Waals surface area contributed by atoms with Crippen molar-refractivity contribution in [3.05, 3.63) is 0 Å². The standard InChI is InChI=1S/C9H17N3O/c1-3-5-6-11-8(4-2)7-9(10)12-13/h1,8,11,13H,4-7H2,2H3,(H2,10,12). The summed E-state index contributed by atoms with van der Waals surface area (Å²) in [6.45, 7) is 2.81. The Kier molecular flexibility index (Phi) is 6.75. The van der Waals surface area contributed by atoms with Crippen LogP contribution in [0.3, 0.4) is 0 Å². The van der Waals surface area contributed by atoms with Crippen LogP contribution in [-0.4, -0.2) is 23.6 Å². The minimum absolute atomic E-state index is 0.240. The smallest absolute Gasteiger partial charge is 0.140 e. The van der Waals surface area contributed by atoms with Crippen LogP contribution in [0.5, 0.6) is 0 Å². The molecule has 4 heteroatoms. The number of nitrogens with one attached hydrogen (secondary N) is 1. The molecule has 1 atom stereocenters. The number of rotatable bonds is 6. The fraction of sp³-hybridized carbons (Fsp3) is 0.667. The van der Waals surface area contributed by atoms with Crippen molar-refractivity contribution < 1.29 is 5.21 Å². The minimum atomic E-state index is 0.240. The Morgan fingerprint density at radius 3 is 2.92 bits per heavy atom. The summed E-state index contributed by atoms with van der Waals surface area (Å²) in [5.74, 6) is 2.79. The molecule has 13 heavy (non-hydrogen) atoms. The van der Waals surface area contributed by atoms with E-state index in [-0.39, 0.29) is 11.9 Å². The van der Waals surface area contributed by atoms with Gasteiger partial charge in [-0.3, -0.25) is 0 Å². The molecule has 0 rings (SSSR count). The van der Waals surface area contributed by atoms with Crippen LogP contribution in [0.15, 0.2) is 5.16 Å². The zero-order valence-corrected chi connectivity index (χ0v) is 7.95. The Labute approximate surface area is 79.2 Å². The summed E-state index contributed by atoms with van der Waals surface area (Å²) in [4.78, 5) is 0. The van der Waals surface area contributed by atoms with Crippen LogP contribution in [-0.2, 0) is 0 Å². The van der Waals surface area contributed by atoms with Crippen molar-refractivity contribution in [3.8, 4) is 12.3 Å². The molecule has 0 aliphatic heterocycles. The van der Waals surface area contributed by atoms with Gasteiger partial charge in [-0.15, -0.1) is 12.3 Å². The van der Waals surface area contributed by atoms with Gasteiger partial charge in [-0.1, -0.05) is 12.1 Å².